The Bertz CT molecular complexity index is 653. The minimum atomic E-state index is -0.525. The summed E-state index contributed by atoms with van der Waals surface area (Å²) in [4.78, 5) is 28.2. The lowest BCUT2D eigenvalue weighted by Crippen LogP contribution is -2.56. The van der Waals surface area contributed by atoms with E-state index in [2.05, 4.69) is 5.92 Å². The summed E-state index contributed by atoms with van der Waals surface area (Å²) in [5.41, 5.74) is 0.823. The SMILES string of the molecule is C#Cc1ccc(C(=O)N2CCN(C(=O)OC(C)(C)C)[C@@H](C)C2)cc1. The first-order chi connectivity index (χ1) is 11.2. The van der Waals surface area contributed by atoms with E-state index in [0.717, 1.165) is 5.56 Å². The average molecular weight is 328 g/mol. The third-order valence-corrected chi connectivity index (χ3v) is 3.84. The van der Waals surface area contributed by atoms with E-state index in [1.54, 1.807) is 34.1 Å². The van der Waals surface area contributed by atoms with Crippen molar-refractivity contribution in [2.45, 2.75) is 39.3 Å². The highest BCUT2D eigenvalue weighted by molar-refractivity contribution is 5.94. The molecule has 1 atom stereocenters. The fourth-order valence-electron chi connectivity index (χ4n) is 2.63. The van der Waals surface area contributed by atoms with Crippen molar-refractivity contribution in [2.24, 2.45) is 0 Å². The summed E-state index contributed by atoms with van der Waals surface area (Å²) in [6, 6.07) is 6.90. The van der Waals surface area contributed by atoms with Crippen molar-refractivity contribution >= 4 is 12.0 Å². The lowest BCUT2D eigenvalue weighted by molar-refractivity contribution is 0.00198. The molecule has 0 saturated carbocycles. The van der Waals surface area contributed by atoms with Gasteiger partial charge in [0.05, 0.1) is 0 Å². The van der Waals surface area contributed by atoms with Gasteiger partial charge in [-0.3, -0.25) is 4.79 Å². The minimum Gasteiger partial charge on any atom is -0.444 e. The monoisotopic (exact) mass is 328 g/mol. The summed E-state index contributed by atoms with van der Waals surface area (Å²) in [5.74, 6) is 2.49. The van der Waals surface area contributed by atoms with Gasteiger partial charge in [-0.25, -0.2) is 4.79 Å². The van der Waals surface area contributed by atoms with Crippen molar-refractivity contribution in [1.29, 1.82) is 0 Å². The largest absolute Gasteiger partial charge is 0.444 e. The van der Waals surface area contributed by atoms with Crippen LogP contribution in [0.2, 0.25) is 0 Å². The number of carbonyl (C=O) groups excluding carboxylic acids is 2. The molecule has 0 unspecified atom stereocenters. The van der Waals surface area contributed by atoms with Gasteiger partial charge in [0.25, 0.3) is 5.91 Å². The van der Waals surface area contributed by atoms with Crippen molar-refractivity contribution in [1.82, 2.24) is 9.80 Å². The molecule has 2 rings (SSSR count). The zero-order valence-electron chi connectivity index (χ0n) is 14.7. The van der Waals surface area contributed by atoms with E-state index in [1.807, 2.05) is 27.7 Å². The van der Waals surface area contributed by atoms with Gasteiger partial charge < -0.3 is 14.5 Å². The van der Waals surface area contributed by atoms with Gasteiger partial charge in [0, 0.05) is 36.8 Å². The summed E-state index contributed by atoms with van der Waals surface area (Å²) in [5, 5.41) is 0. The Labute approximate surface area is 143 Å². The molecule has 0 N–H and O–H groups in total. The molecule has 1 aromatic carbocycles. The van der Waals surface area contributed by atoms with E-state index in [0.29, 0.717) is 25.2 Å². The molecule has 1 aromatic rings. The molecule has 1 aliphatic heterocycles. The van der Waals surface area contributed by atoms with Crippen LogP contribution in [0, 0.1) is 12.3 Å². The molecule has 1 aliphatic rings. The second kappa shape index (κ2) is 6.96. The van der Waals surface area contributed by atoms with E-state index >= 15 is 0 Å². The first kappa shape index (κ1) is 17.9. The second-order valence-corrected chi connectivity index (χ2v) is 7.00. The summed E-state index contributed by atoms with van der Waals surface area (Å²) in [7, 11) is 0. The Hall–Kier alpha value is -2.48. The van der Waals surface area contributed by atoms with Crippen LogP contribution in [0.1, 0.15) is 43.6 Å². The van der Waals surface area contributed by atoms with E-state index in [1.165, 1.54) is 0 Å². The molecule has 0 radical (unpaired) electrons. The van der Waals surface area contributed by atoms with E-state index < -0.39 is 5.60 Å². The number of carbonyl (C=O) groups is 2. The molecule has 0 aromatic heterocycles. The molecule has 5 nitrogen and oxygen atoms in total. The molecule has 0 bridgehead atoms. The van der Waals surface area contributed by atoms with Gasteiger partial charge in [-0.05, 0) is 52.0 Å². The Morgan fingerprint density at radius 1 is 1.21 bits per heavy atom. The lowest BCUT2D eigenvalue weighted by Gasteiger charge is -2.40. The van der Waals surface area contributed by atoms with Gasteiger partial charge in [0.15, 0.2) is 0 Å². The van der Waals surface area contributed by atoms with Crippen LogP contribution in [0.15, 0.2) is 24.3 Å². The molecular weight excluding hydrogens is 304 g/mol. The van der Waals surface area contributed by atoms with Crippen molar-refractivity contribution in [3.63, 3.8) is 0 Å². The van der Waals surface area contributed by atoms with Gasteiger partial charge >= 0.3 is 6.09 Å². The number of nitrogens with zero attached hydrogens (tertiary/aromatic N) is 2. The Morgan fingerprint density at radius 3 is 2.33 bits per heavy atom. The van der Waals surface area contributed by atoms with Crippen LogP contribution in [0.25, 0.3) is 0 Å². The molecule has 0 aliphatic carbocycles. The highest BCUT2D eigenvalue weighted by Crippen LogP contribution is 2.17. The van der Waals surface area contributed by atoms with E-state index in [9.17, 15) is 9.59 Å². The Balaban J connectivity index is 2.00. The quantitative estimate of drug-likeness (QED) is 0.745. The molecule has 1 saturated heterocycles. The maximum Gasteiger partial charge on any atom is 0.410 e. The van der Waals surface area contributed by atoms with E-state index in [-0.39, 0.29) is 18.0 Å². The summed E-state index contributed by atoms with van der Waals surface area (Å²) < 4.78 is 5.42. The van der Waals surface area contributed by atoms with Crippen LogP contribution in [0.5, 0.6) is 0 Å². The third kappa shape index (κ3) is 4.29. The molecule has 5 heteroatoms. The summed E-state index contributed by atoms with van der Waals surface area (Å²) >= 11 is 0. The van der Waals surface area contributed by atoms with Crippen molar-refractivity contribution in [2.75, 3.05) is 19.6 Å². The molecule has 1 heterocycles. The maximum atomic E-state index is 12.6. The average Bonchev–Trinajstić information content (AvgIpc) is 2.52. The van der Waals surface area contributed by atoms with Crippen molar-refractivity contribution in [3.8, 4) is 12.3 Å². The lowest BCUT2D eigenvalue weighted by atomic mass is 10.1. The summed E-state index contributed by atoms with van der Waals surface area (Å²) in [6.45, 7) is 8.88. The van der Waals surface area contributed by atoms with Crippen LogP contribution in [-0.4, -0.2) is 53.1 Å². The minimum absolute atomic E-state index is 0.0470. The maximum absolute atomic E-state index is 12.6. The number of piperazine rings is 1. The predicted molar refractivity (Wildman–Crippen MR) is 92.7 cm³/mol. The zero-order valence-corrected chi connectivity index (χ0v) is 14.7. The second-order valence-electron chi connectivity index (χ2n) is 7.00. The number of benzene rings is 1. The van der Waals surface area contributed by atoms with Gasteiger partial charge in [0.1, 0.15) is 5.60 Å². The van der Waals surface area contributed by atoms with Crippen molar-refractivity contribution in [3.05, 3.63) is 35.4 Å². The van der Waals surface area contributed by atoms with Crippen LogP contribution >= 0.6 is 0 Å². The van der Waals surface area contributed by atoms with Crippen LogP contribution in [-0.2, 0) is 4.74 Å². The number of terminal acetylenes is 1. The first-order valence-electron chi connectivity index (χ1n) is 8.07. The number of hydrogen-bond donors (Lipinski definition) is 0. The third-order valence-electron chi connectivity index (χ3n) is 3.84. The van der Waals surface area contributed by atoms with Gasteiger partial charge in [-0.2, -0.15) is 0 Å². The molecule has 24 heavy (non-hydrogen) atoms. The highest BCUT2D eigenvalue weighted by Gasteiger charge is 2.32. The molecule has 128 valence electrons. The van der Waals surface area contributed by atoms with Crippen LogP contribution in [0.3, 0.4) is 0 Å². The zero-order chi connectivity index (χ0) is 17.9. The standard InChI is InChI=1S/C19H24N2O3/c1-6-15-7-9-16(10-8-15)17(22)20-11-12-21(14(2)13-20)18(23)24-19(3,4)5/h1,7-10,14H,11-13H2,2-5H3/t14-/m0/s1. The number of rotatable bonds is 1. The Morgan fingerprint density at radius 2 is 1.83 bits per heavy atom. The summed E-state index contributed by atoms with van der Waals surface area (Å²) in [6.07, 6.45) is 5.00. The fraction of sp³-hybridized carbons (Fsp3) is 0.474. The van der Waals surface area contributed by atoms with Gasteiger partial charge in [-0.15, -0.1) is 6.42 Å². The van der Waals surface area contributed by atoms with Crippen LogP contribution < -0.4 is 0 Å². The number of amides is 2. The molecular formula is C19H24N2O3. The molecule has 2 amide bonds. The highest BCUT2D eigenvalue weighted by atomic mass is 16.6. The van der Waals surface area contributed by atoms with Gasteiger partial charge in [-0.1, -0.05) is 5.92 Å². The molecule has 1 fully saturated rings. The normalized spacial score (nSPS) is 18.0. The fourth-order valence-corrected chi connectivity index (χ4v) is 2.63. The topological polar surface area (TPSA) is 49.9 Å². The van der Waals surface area contributed by atoms with Crippen LogP contribution in [0.4, 0.5) is 4.79 Å². The Kier molecular flexibility index (Phi) is 5.18. The molecule has 0 spiro atoms. The smallest absolute Gasteiger partial charge is 0.410 e. The first-order valence-corrected chi connectivity index (χ1v) is 8.07. The predicted octanol–water partition coefficient (Wildman–Crippen LogP) is 2.75. The van der Waals surface area contributed by atoms with Crippen molar-refractivity contribution < 1.29 is 14.3 Å². The van der Waals surface area contributed by atoms with Gasteiger partial charge in [0.2, 0.25) is 0 Å². The number of ether oxygens (including phenoxy) is 1. The number of hydrogen-bond acceptors (Lipinski definition) is 3. The van der Waals surface area contributed by atoms with E-state index in [4.69, 9.17) is 11.2 Å².